The molecule has 0 unspecified atom stereocenters. The Bertz CT molecular complexity index is 1540. The lowest BCUT2D eigenvalue weighted by Crippen LogP contribution is -2.27. The summed E-state index contributed by atoms with van der Waals surface area (Å²) in [6.45, 7) is 0.359. The van der Waals surface area contributed by atoms with Gasteiger partial charge in [-0.05, 0) is 92.1 Å². The van der Waals surface area contributed by atoms with E-state index in [1.165, 1.54) is 5.39 Å². The fraction of sp³-hybridized carbons (Fsp3) is 0.0714. The standard InChI is InChI=1S/C28H19BrClNO4S/c1-34-24-13-18(14-25-27(32)31(28(33)36-25)22-8-4-7-21(30)15-22)12-23(29)26(24)35-16-17-9-10-19-5-2-3-6-20(19)11-17/h2-15H,16H2,1H3/b25-14+. The molecule has 0 atom stereocenters. The molecule has 1 heterocycles. The number of rotatable bonds is 6. The smallest absolute Gasteiger partial charge is 0.298 e. The van der Waals surface area contributed by atoms with Crippen molar-refractivity contribution in [2.75, 3.05) is 12.0 Å². The molecule has 0 bridgehead atoms. The predicted molar refractivity (Wildman–Crippen MR) is 149 cm³/mol. The summed E-state index contributed by atoms with van der Waals surface area (Å²) in [4.78, 5) is 27.0. The first-order valence-corrected chi connectivity index (χ1v) is 12.9. The van der Waals surface area contributed by atoms with Crippen LogP contribution < -0.4 is 14.4 Å². The van der Waals surface area contributed by atoms with Gasteiger partial charge in [-0.15, -0.1) is 0 Å². The monoisotopic (exact) mass is 579 g/mol. The molecule has 5 rings (SSSR count). The Morgan fingerprint density at radius 2 is 1.78 bits per heavy atom. The number of fused-ring (bicyclic) bond motifs is 1. The molecule has 0 aromatic heterocycles. The first-order chi connectivity index (χ1) is 17.4. The molecular formula is C28H19BrClNO4S. The average Bonchev–Trinajstić information content (AvgIpc) is 3.15. The molecule has 0 spiro atoms. The number of carbonyl (C=O) groups is 2. The molecule has 36 heavy (non-hydrogen) atoms. The maximum Gasteiger partial charge on any atom is 0.298 e. The maximum absolute atomic E-state index is 13.0. The SMILES string of the molecule is COc1cc(/C=C2/SC(=O)N(c3cccc(Cl)c3)C2=O)cc(Br)c1OCc1ccc2ccccc2c1. The number of nitrogens with zero attached hydrogens (tertiary/aromatic N) is 1. The highest BCUT2D eigenvalue weighted by Crippen LogP contribution is 2.40. The summed E-state index contributed by atoms with van der Waals surface area (Å²) in [7, 11) is 1.56. The van der Waals surface area contributed by atoms with Crippen molar-refractivity contribution < 1.29 is 19.1 Å². The Morgan fingerprint density at radius 3 is 2.56 bits per heavy atom. The van der Waals surface area contributed by atoms with Crippen LogP contribution >= 0.6 is 39.3 Å². The van der Waals surface area contributed by atoms with Gasteiger partial charge in [0.2, 0.25) is 0 Å². The Labute approximate surface area is 225 Å². The van der Waals surface area contributed by atoms with Crippen molar-refractivity contribution in [3.05, 3.63) is 104 Å². The summed E-state index contributed by atoms with van der Waals surface area (Å²) in [6, 6.07) is 24.6. The van der Waals surface area contributed by atoms with Crippen LogP contribution in [0, 0.1) is 0 Å². The maximum atomic E-state index is 13.0. The third-order valence-corrected chi connectivity index (χ3v) is 7.30. The summed E-state index contributed by atoms with van der Waals surface area (Å²) in [5, 5.41) is 2.38. The predicted octanol–water partition coefficient (Wildman–Crippen LogP) is 8.08. The van der Waals surface area contributed by atoms with Gasteiger partial charge < -0.3 is 9.47 Å². The van der Waals surface area contributed by atoms with Crippen LogP contribution in [-0.4, -0.2) is 18.3 Å². The molecule has 180 valence electrons. The lowest BCUT2D eigenvalue weighted by atomic mass is 10.1. The Morgan fingerprint density at radius 1 is 0.972 bits per heavy atom. The van der Waals surface area contributed by atoms with Crippen molar-refractivity contribution >= 4 is 73.0 Å². The fourth-order valence-corrected chi connectivity index (χ4v) is 5.50. The number of hydrogen-bond donors (Lipinski definition) is 0. The molecule has 0 saturated carbocycles. The van der Waals surface area contributed by atoms with Crippen LogP contribution in [0.25, 0.3) is 16.8 Å². The Kier molecular flexibility index (Phi) is 7.05. The van der Waals surface area contributed by atoms with Crippen molar-refractivity contribution in [2.24, 2.45) is 0 Å². The normalized spacial score (nSPS) is 14.6. The minimum absolute atomic E-state index is 0.304. The van der Waals surface area contributed by atoms with E-state index in [2.05, 4.69) is 40.2 Å². The molecule has 5 nitrogen and oxygen atoms in total. The van der Waals surface area contributed by atoms with Gasteiger partial charge in [0.1, 0.15) is 6.61 Å². The second-order valence-electron chi connectivity index (χ2n) is 8.00. The van der Waals surface area contributed by atoms with Gasteiger partial charge in [0, 0.05) is 5.02 Å². The van der Waals surface area contributed by atoms with Crippen LogP contribution in [0.2, 0.25) is 5.02 Å². The zero-order chi connectivity index (χ0) is 25.2. The minimum Gasteiger partial charge on any atom is -0.493 e. The Hall–Kier alpha value is -3.26. The summed E-state index contributed by atoms with van der Waals surface area (Å²) in [6.07, 6.45) is 1.66. The van der Waals surface area contributed by atoms with Crippen molar-refractivity contribution in [1.29, 1.82) is 0 Å². The number of carbonyl (C=O) groups excluding carboxylic acids is 2. The number of halogens is 2. The summed E-state index contributed by atoms with van der Waals surface area (Å²) in [5.74, 6) is 0.652. The van der Waals surface area contributed by atoms with Crippen LogP contribution in [0.1, 0.15) is 11.1 Å². The zero-order valence-electron chi connectivity index (χ0n) is 19.0. The van der Waals surface area contributed by atoms with Gasteiger partial charge in [-0.25, -0.2) is 4.90 Å². The van der Waals surface area contributed by atoms with E-state index in [9.17, 15) is 9.59 Å². The fourth-order valence-electron chi connectivity index (χ4n) is 3.90. The second kappa shape index (κ2) is 10.4. The van der Waals surface area contributed by atoms with E-state index in [0.29, 0.717) is 43.8 Å². The van der Waals surface area contributed by atoms with Gasteiger partial charge in [0.05, 0.1) is 22.2 Å². The van der Waals surface area contributed by atoms with Crippen molar-refractivity contribution in [2.45, 2.75) is 6.61 Å². The largest absolute Gasteiger partial charge is 0.493 e. The molecule has 2 amide bonds. The number of anilines is 1. The number of amides is 2. The van der Waals surface area contributed by atoms with Gasteiger partial charge in [-0.2, -0.15) is 0 Å². The van der Waals surface area contributed by atoms with Gasteiger partial charge in [0.15, 0.2) is 11.5 Å². The molecule has 1 fully saturated rings. The van der Waals surface area contributed by atoms with Crippen LogP contribution in [0.4, 0.5) is 10.5 Å². The van der Waals surface area contributed by atoms with E-state index in [-0.39, 0.29) is 5.24 Å². The number of imide groups is 1. The van der Waals surface area contributed by atoms with E-state index >= 15 is 0 Å². The van der Waals surface area contributed by atoms with Crippen molar-refractivity contribution in [3.8, 4) is 11.5 Å². The molecular weight excluding hydrogens is 562 g/mol. The Balaban J connectivity index is 1.38. The molecule has 0 N–H and O–H groups in total. The number of ether oxygens (including phenoxy) is 2. The van der Waals surface area contributed by atoms with Crippen molar-refractivity contribution in [1.82, 2.24) is 0 Å². The highest BCUT2D eigenvalue weighted by Gasteiger charge is 2.36. The van der Waals surface area contributed by atoms with E-state index in [4.69, 9.17) is 21.1 Å². The molecule has 0 radical (unpaired) electrons. The molecule has 8 heteroatoms. The number of methoxy groups -OCH3 is 1. The molecule has 4 aromatic rings. The third kappa shape index (κ3) is 5.00. The summed E-state index contributed by atoms with van der Waals surface area (Å²) >= 11 is 10.5. The van der Waals surface area contributed by atoms with E-state index in [1.54, 1.807) is 43.5 Å². The van der Waals surface area contributed by atoms with Gasteiger partial charge in [-0.1, -0.05) is 54.1 Å². The lowest BCUT2D eigenvalue weighted by Gasteiger charge is -2.14. The minimum atomic E-state index is -0.404. The van der Waals surface area contributed by atoms with Crippen LogP contribution in [0.3, 0.4) is 0 Å². The van der Waals surface area contributed by atoms with Crippen molar-refractivity contribution in [3.63, 3.8) is 0 Å². The van der Waals surface area contributed by atoms with Crippen LogP contribution in [-0.2, 0) is 11.4 Å². The summed E-state index contributed by atoms with van der Waals surface area (Å²) in [5.41, 5.74) is 2.15. The molecule has 1 aliphatic rings. The third-order valence-electron chi connectivity index (χ3n) is 5.61. The second-order valence-corrected chi connectivity index (χ2v) is 10.3. The molecule has 1 saturated heterocycles. The first kappa shape index (κ1) is 24.4. The van der Waals surface area contributed by atoms with Crippen LogP contribution in [0.5, 0.6) is 11.5 Å². The zero-order valence-corrected chi connectivity index (χ0v) is 22.2. The first-order valence-electron chi connectivity index (χ1n) is 10.9. The number of thioether (sulfide) groups is 1. The molecule has 0 aliphatic carbocycles. The molecule has 1 aliphatic heterocycles. The van der Waals surface area contributed by atoms with Gasteiger partial charge >= 0.3 is 0 Å². The van der Waals surface area contributed by atoms with E-state index < -0.39 is 5.91 Å². The number of benzene rings is 4. The quantitative estimate of drug-likeness (QED) is 0.216. The number of hydrogen-bond acceptors (Lipinski definition) is 5. The average molecular weight is 581 g/mol. The summed E-state index contributed by atoms with van der Waals surface area (Å²) < 4.78 is 12.3. The topological polar surface area (TPSA) is 55.8 Å². The highest BCUT2D eigenvalue weighted by atomic mass is 79.9. The highest BCUT2D eigenvalue weighted by molar-refractivity contribution is 9.10. The van der Waals surface area contributed by atoms with E-state index in [0.717, 1.165) is 27.6 Å². The van der Waals surface area contributed by atoms with Gasteiger partial charge in [0.25, 0.3) is 11.1 Å². The van der Waals surface area contributed by atoms with Crippen LogP contribution in [0.15, 0.2) is 88.2 Å². The van der Waals surface area contributed by atoms with Gasteiger partial charge in [-0.3, -0.25) is 9.59 Å². The molecule has 4 aromatic carbocycles. The lowest BCUT2D eigenvalue weighted by molar-refractivity contribution is -0.113. The van der Waals surface area contributed by atoms with E-state index in [1.807, 2.05) is 24.3 Å².